The minimum Gasteiger partial charge on any atom is -0.508 e. The first-order valence-corrected chi connectivity index (χ1v) is 13.3. The van der Waals surface area contributed by atoms with E-state index in [0.29, 0.717) is 16.9 Å². The van der Waals surface area contributed by atoms with E-state index in [1.807, 2.05) is 6.26 Å². The summed E-state index contributed by atoms with van der Waals surface area (Å²) in [4.78, 5) is 50.1. The van der Waals surface area contributed by atoms with E-state index in [1.165, 1.54) is 43.0 Å². The minimum atomic E-state index is -1.21. The summed E-state index contributed by atoms with van der Waals surface area (Å²) < 4.78 is 0. The highest BCUT2D eigenvalue weighted by Gasteiger charge is 2.29. The van der Waals surface area contributed by atoms with Gasteiger partial charge in [0.25, 0.3) is 0 Å². The van der Waals surface area contributed by atoms with Gasteiger partial charge in [0.05, 0.1) is 6.04 Å². The Labute approximate surface area is 225 Å². The number of benzene rings is 2. The summed E-state index contributed by atoms with van der Waals surface area (Å²) in [7, 11) is 0. The Morgan fingerprint density at radius 3 is 1.76 bits per heavy atom. The third kappa shape index (κ3) is 9.94. The lowest BCUT2D eigenvalue weighted by atomic mass is 10.0. The van der Waals surface area contributed by atoms with Crippen LogP contribution in [0.25, 0.3) is 0 Å². The zero-order valence-corrected chi connectivity index (χ0v) is 22.0. The first-order valence-electron chi connectivity index (χ1n) is 11.9. The van der Waals surface area contributed by atoms with Crippen molar-refractivity contribution in [2.45, 2.75) is 50.4 Å². The van der Waals surface area contributed by atoms with E-state index < -0.39 is 47.9 Å². The molecule has 0 aliphatic carbocycles. The Kier molecular flexibility index (Phi) is 11.9. The standard InChI is InChI=1S/C26H34N4O7S/c1-15(26(36)37)28-24(34)21(11-12-38-2)29-25(35)22(14-17-5-9-19(32)10-6-17)30-23(33)20(27)13-16-3-7-18(31)8-4-16/h3-10,15,20-22,31-32H,11-14,27H2,1-2H3,(H,28,34)(H,29,35)(H,30,33)(H,36,37). The number of nitrogens with one attached hydrogen (secondary N) is 3. The molecule has 0 aliphatic rings. The second-order valence-electron chi connectivity index (χ2n) is 8.82. The fraction of sp³-hybridized carbons (Fsp3) is 0.385. The number of hydrogen-bond acceptors (Lipinski definition) is 8. The molecule has 38 heavy (non-hydrogen) atoms. The zero-order chi connectivity index (χ0) is 28.2. The van der Waals surface area contributed by atoms with Crippen LogP contribution in [0.1, 0.15) is 24.5 Å². The quantitative estimate of drug-likeness (QED) is 0.177. The maximum atomic E-state index is 13.3. The van der Waals surface area contributed by atoms with Gasteiger partial charge in [0.1, 0.15) is 29.6 Å². The van der Waals surface area contributed by atoms with Crippen LogP contribution < -0.4 is 21.7 Å². The molecule has 0 radical (unpaired) electrons. The number of rotatable bonds is 14. The van der Waals surface area contributed by atoms with Crippen molar-refractivity contribution in [1.82, 2.24) is 16.0 Å². The van der Waals surface area contributed by atoms with Gasteiger partial charge < -0.3 is 37.0 Å². The molecule has 0 saturated carbocycles. The third-order valence-corrected chi connectivity index (χ3v) is 6.35. The van der Waals surface area contributed by atoms with Gasteiger partial charge in [0.15, 0.2) is 0 Å². The van der Waals surface area contributed by atoms with E-state index in [2.05, 4.69) is 16.0 Å². The number of carbonyl (C=O) groups excluding carboxylic acids is 3. The average Bonchev–Trinajstić information content (AvgIpc) is 2.88. The molecule has 11 nitrogen and oxygen atoms in total. The van der Waals surface area contributed by atoms with Crippen LogP contribution in [0.3, 0.4) is 0 Å². The van der Waals surface area contributed by atoms with Crippen LogP contribution in [-0.2, 0) is 32.0 Å². The monoisotopic (exact) mass is 546 g/mol. The van der Waals surface area contributed by atoms with Crippen molar-refractivity contribution in [2.75, 3.05) is 12.0 Å². The molecule has 4 unspecified atom stereocenters. The van der Waals surface area contributed by atoms with Gasteiger partial charge in [-0.2, -0.15) is 11.8 Å². The molecule has 2 aromatic carbocycles. The van der Waals surface area contributed by atoms with E-state index in [1.54, 1.807) is 24.3 Å². The average molecular weight is 547 g/mol. The summed E-state index contributed by atoms with van der Waals surface area (Å²) in [6.07, 6.45) is 2.28. The topological polar surface area (TPSA) is 191 Å². The Hall–Kier alpha value is -3.77. The zero-order valence-electron chi connectivity index (χ0n) is 21.2. The Bertz CT molecular complexity index is 1100. The van der Waals surface area contributed by atoms with Crippen LogP contribution in [0, 0.1) is 0 Å². The summed E-state index contributed by atoms with van der Waals surface area (Å²) >= 11 is 1.46. The van der Waals surface area contributed by atoms with Crippen molar-refractivity contribution in [1.29, 1.82) is 0 Å². The first kappa shape index (κ1) is 30.5. The normalized spacial score (nSPS) is 14.0. The predicted molar refractivity (Wildman–Crippen MR) is 144 cm³/mol. The van der Waals surface area contributed by atoms with Gasteiger partial charge in [-0.15, -0.1) is 0 Å². The van der Waals surface area contributed by atoms with E-state index >= 15 is 0 Å². The minimum absolute atomic E-state index is 0.0380. The Balaban J connectivity index is 2.20. The van der Waals surface area contributed by atoms with Crippen LogP contribution in [0.4, 0.5) is 0 Å². The number of aromatic hydroxyl groups is 2. The van der Waals surface area contributed by atoms with E-state index in [9.17, 15) is 29.4 Å². The molecule has 0 aliphatic heterocycles. The van der Waals surface area contributed by atoms with Gasteiger partial charge in [-0.3, -0.25) is 19.2 Å². The maximum Gasteiger partial charge on any atom is 0.325 e. The molecule has 8 N–H and O–H groups in total. The van der Waals surface area contributed by atoms with Gasteiger partial charge in [0, 0.05) is 6.42 Å². The van der Waals surface area contributed by atoms with Crippen LogP contribution >= 0.6 is 11.8 Å². The Morgan fingerprint density at radius 1 is 0.789 bits per heavy atom. The molecule has 2 aromatic rings. The van der Waals surface area contributed by atoms with E-state index in [-0.39, 0.29) is 30.8 Å². The smallest absolute Gasteiger partial charge is 0.325 e. The molecule has 0 aromatic heterocycles. The summed E-state index contributed by atoms with van der Waals surface area (Å²) in [5.41, 5.74) is 7.44. The van der Waals surface area contributed by atoms with Crippen molar-refractivity contribution in [3.63, 3.8) is 0 Å². The van der Waals surface area contributed by atoms with Gasteiger partial charge in [0.2, 0.25) is 17.7 Å². The highest BCUT2D eigenvalue weighted by molar-refractivity contribution is 7.98. The number of phenolic OH excluding ortho intramolecular Hbond substituents is 2. The van der Waals surface area contributed by atoms with E-state index in [4.69, 9.17) is 10.8 Å². The molecular weight excluding hydrogens is 512 g/mol. The largest absolute Gasteiger partial charge is 0.508 e. The van der Waals surface area contributed by atoms with Crippen LogP contribution in [0.2, 0.25) is 0 Å². The van der Waals surface area contributed by atoms with Crippen molar-refractivity contribution < 1.29 is 34.5 Å². The van der Waals surface area contributed by atoms with Crippen molar-refractivity contribution in [3.05, 3.63) is 59.7 Å². The number of thioether (sulfide) groups is 1. The SMILES string of the molecule is CSCCC(NC(=O)C(Cc1ccc(O)cc1)NC(=O)C(N)Cc1ccc(O)cc1)C(=O)NC(C)C(=O)O. The summed E-state index contributed by atoms with van der Waals surface area (Å²) in [6, 6.07) is 8.04. The summed E-state index contributed by atoms with van der Waals surface area (Å²) in [5.74, 6) is -2.47. The molecule has 0 bridgehead atoms. The number of nitrogens with two attached hydrogens (primary N) is 1. The number of amides is 3. The van der Waals surface area contributed by atoms with Crippen LogP contribution in [0.15, 0.2) is 48.5 Å². The fourth-order valence-corrected chi connectivity index (χ4v) is 3.96. The summed E-state index contributed by atoms with van der Waals surface area (Å²) in [6.45, 7) is 1.32. The van der Waals surface area contributed by atoms with Gasteiger partial charge >= 0.3 is 5.97 Å². The molecule has 206 valence electrons. The molecule has 4 atom stereocenters. The molecule has 0 saturated heterocycles. The predicted octanol–water partition coefficient (Wildman–Crippen LogP) is 0.522. The van der Waals surface area contributed by atoms with Crippen molar-refractivity contribution in [2.24, 2.45) is 5.73 Å². The lowest BCUT2D eigenvalue weighted by Crippen LogP contribution is -2.57. The highest BCUT2D eigenvalue weighted by Crippen LogP contribution is 2.13. The first-order chi connectivity index (χ1) is 18.0. The lowest BCUT2D eigenvalue weighted by molar-refractivity contribution is -0.141. The number of hydrogen-bond donors (Lipinski definition) is 7. The number of carboxylic acids is 1. The molecule has 3 amide bonds. The van der Waals surface area contributed by atoms with Crippen molar-refractivity contribution >= 4 is 35.5 Å². The number of phenols is 2. The van der Waals surface area contributed by atoms with Gasteiger partial charge in [-0.05, 0) is 67.2 Å². The van der Waals surface area contributed by atoms with Crippen LogP contribution in [0.5, 0.6) is 11.5 Å². The molecule has 0 heterocycles. The summed E-state index contributed by atoms with van der Waals surface area (Å²) in [5, 5.41) is 35.8. The maximum absolute atomic E-state index is 13.3. The van der Waals surface area contributed by atoms with Gasteiger partial charge in [-0.25, -0.2) is 0 Å². The van der Waals surface area contributed by atoms with Gasteiger partial charge in [-0.1, -0.05) is 24.3 Å². The van der Waals surface area contributed by atoms with E-state index in [0.717, 1.165) is 0 Å². The second kappa shape index (κ2) is 14.8. The van der Waals surface area contributed by atoms with Crippen molar-refractivity contribution in [3.8, 4) is 11.5 Å². The second-order valence-corrected chi connectivity index (χ2v) is 9.81. The molecular formula is C26H34N4O7S. The molecule has 2 rings (SSSR count). The number of aliphatic carboxylic acids is 1. The number of carboxylic acid groups (broad SMARTS) is 1. The third-order valence-electron chi connectivity index (χ3n) is 5.71. The molecule has 0 spiro atoms. The Morgan fingerprint density at radius 2 is 1.26 bits per heavy atom. The molecule has 12 heteroatoms. The number of carbonyl (C=O) groups is 4. The molecule has 0 fully saturated rings. The lowest BCUT2D eigenvalue weighted by Gasteiger charge is -2.25. The van der Waals surface area contributed by atoms with Crippen LogP contribution in [-0.4, -0.2) is 75.2 Å². The highest BCUT2D eigenvalue weighted by atomic mass is 32.2. The fourth-order valence-electron chi connectivity index (χ4n) is 3.49.